The lowest BCUT2D eigenvalue weighted by Crippen LogP contribution is -2.25. The van der Waals surface area contributed by atoms with Crippen LogP contribution in [0.5, 0.6) is 0 Å². The summed E-state index contributed by atoms with van der Waals surface area (Å²) in [4.78, 5) is 19.2. The van der Waals surface area contributed by atoms with Crippen LogP contribution in [0.15, 0.2) is 42.6 Å². The Morgan fingerprint density at radius 2 is 1.83 bits per heavy atom. The molecule has 4 nitrogen and oxygen atoms in total. The van der Waals surface area contributed by atoms with Crippen molar-refractivity contribution in [2.75, 3.05) is 18.0 Å². The highest BCUT2D eigenvalue weighted by atomic mass is 16.1. The van der Waals surface area contributed by atoms with Crippen molar-refractivity contribution in [1.29, 1.82) is 0 Å². The molecule has 1 aliphatic heterocycles. The molecule has 4 heteroatoms. The number of carbonyl (C=O) groups is 1. The van der Waals surface area contributed by atoms with Crippen LogP contribution >= 0.6 is 0 Å². The second kappa shape index (κ2) is 7.95. The molecule has 1 aliphatic rings. The van der Waals surface area contributed by atoms with E-state index in [2.05, 4.69) is 27.3 Å². The average Bonchev–Trinajstić information content (AvgIpc) is 2.90. The fourth-order valence-electron chi connectivity index (χ4n) is 3.11. The van der Waals surface area contributed by atoms with Crippen LogP contribution in [0.25, 0.3) is 0 Å². The molecule has 1 saturated heterocycles. The molecular weight excluding hydrogens is 298 g/mol. The summed E-state index contributed by atoms with van der Waals surface area (Å²) in [7, 11) is 0. The first-order chi connectivity index (χ1) is 11.7. The number of anilines is 1. The number of pyridine rings is 1. The van der Waals surface area contributed by atoms with E-state index in [-0.39, 0.29) is 5.91 Å². The second-order valence-electron chi connectivity index (χ2n) is 6.42. The molecule has 0 unspecified atom stereocenters. The van der Waals surface area contributed by atoms with Crippen LogP contribution in [-0.4, -0.2) is 24.0 Å². The highest BCUT2D eigenvalue weighted by Crippen LogP contribution is 2.17. The van der Waals surface area contributed by atoms with E-state index in [1.165, 1.54) is 25.7 Å². The maximum absolute atomic E-state index is 12.3. The lowest BCUT2D eigenvalue weighted by molar-refractivity contribution is 0.0950. The number of aromatic nitrogens is 1. The first-order valence-electron chi connectivity index (χ1n) is 8.78. The van der Waals surface area contributed by atoms with Crippen LogP contribution in [0.1, 0.15) is 47.2 Å². The van der Waals surface area contributed by atoms with Gasteiger partial charge in [0.2, 0.25) is 0 Å². The molecule has 0 aliphatic carbocycles. The topological polar surface area (TPSA) is 45.2 Å². The second-order valence-corrected chi connectivity index (χ2v) is 6.42. The van der Waals surface area contributed by atoms with Gasteiger partial charge < -0.3 is 10.2 Å². The summed E-state index contributed by atoms with van der Waals surface area (Å²) in [5, 5.41) is 2.97. The predicted octanol–water partition coefficient (Wildman–Crippen LogP) is 3.70. The highest BCUT2D eigenvalue weighted by molar-refractivity contribution is 5.95. The zero-order valence-corrected chi connectivity index (χ0v) is 14.3. The number of aryl methyl sites for hydroxylation is 1. The van der Waals surface area contributed by atoms with Gasteiger partial charge in [0.05, 0.1) is 0 Å². The van der Waals surface area contributed by atoms with Gasteiger partial charge >= 0.3 is 0 Å². The molecule has 2 heterocycles. The molecule has 1 fully saturated rings. The summed E-state index contributed by atoms with van der Waals surface area (Å²) in [5.41, 5.74) is 2.74. The van der Waals surface area contributed by atoms with Gasteiger partial charge in [0.1, 0.15) is 5.82 Å². The molecule has 1 N–H and O–H groups in total. The van der Waals surface area contributed by atoms with Gasteiger partial charge in [-0.15, -0.1) is 0 Å². The first-order valence-corrected chi connectivity index (χ1v) is 8.78. The van der Waals surface area contributed by atoms with Crippen LogP contribution in [0, 0.1) is 6.92 Å². The van der Waals surface area contributed by atoms with E-state index in [4.69, 9.17) is 0 Å². The summed E-state index contributed by atoms with van der Waals surface area (Å²) in [6, 6.07) is 11.8. The monoisotopic (exact) mass is 323 g/mol. The van der Waals surface area contributed by atoms with Crippen molar-refractivity contribution in [2.24, 2.45) is 0 Å². The van der Waals surface area contributed by atoms with Crippen molar-refractivity contribution in [1.82, 2.24) is 10.3 Å². The number of carbonyl (C=O) groups excluding carboxylic acids is 1. The van der Waals surface area contributed by atoms with E-state index in [1.807, 2.05) is 37.4 Å². The SMILES string of the molecule is Cc1ccccc1C(=O)NCc1ccc(N2CCCCCC2)nc1. The number of benzene rings is 1. The van der Waals surface area contributed by atoms with Gasteiger partial charge in [0, 0.05) is 31.4 Å². The third-order valence-electron chi connectivity index (χ3n) is 4.58. The number of rotatable bonds is 4. The first kappa shape index (κ1) is 16.5. The Morgan fingerprint density at radius 3 is 2.50 bits per heavy atom. The Balaban J connectivity index is 1.58. The van der Waals surface area contributed by atoms with E-state index >= 15 is 0 Å². The van der Waals surface area contributed by atoms with E-state index < -0.39 is 0 Å². The molecule has 24 heavy (non-hydrogen) atoms. The zero-order valence-electron chi connectivity index (χ0n) is 14.3. The Morgan fingerprint density at radius 1 is 1.08 bits per heavy atom. The van der Waals surface area contributed by atoms with Crippen LogP contribution < -0.4 is 10.2 Å². The van der Waals surface area contributed by atoms with Crippen molar-refractivity contribution >= 4 is 11.7 Å². The van der Waals surface area contributed by atoms with Crippen LogP contribution in [0.3, 0.4) is 0 Å². The molecule has 0 spiro atoms. The van der Waals surface area contributed by atoms with E-state index in [0.29, 0.717) is 6.54 Å². The largest absolute Gasteiger partial charge is 0.357 e. The van der Waals surface area contributed by atoms with E-state index in [9.17, 15) is 4.79 Å². The van der Waals surface area contributed by atoms with Gasteiger partial charge in [-0.25, -0.2) is 4.98 Å². The van der Waals surface area contributed by atoms with Crippen LogP contribution in [0.2, 0.25) is 0 Å². The maximum Gasteiger partial charge on any atom is 0.251 e. The summed E-state index contributed by atoms with van der Waals surface area (Å²) >= 11 is 0. The van der Waals surface area contributed by atoms with Crippen molar-refractivity contribution in [3.8, 4) is 0 Å². The van der Waals surface area contributed by atoms with Gasteiger partial charge in [-0.3, -0.25) is 4.79 Å². The van der Waals surface area contributed by atoms with Crippen molar-refractivity contribution in [3.63, 3.8) is 0 Å². The summed E-state index contributed by atoms with van der Waals surface area (Å²) in [6.07, 6.45) is 7.00. The number of hydrogen-bond acceptors (Lipinski definition) is 3. The quantitative estimate of drug-likeness (QED) is 0.933. The minimum atomic E-state index is -0.0373. The van der Waals surface area contributed by atoms with Crippen molar-refractivity contribution in [3.05, 3.63) is 59.3 Å². The fraction of sp³-hybridized carbons (Fsp3) is 0.400. The van der Waals surface area contributed by atoms with Gasteiger partial charge in [0.25, 0.3) is 5.91 Å². The van der Waals surface area contributed by atoms with Gasteiger partial charge in [-0.05, 0) is 43.0 Å². The van der Waals surface area contributed by atoms with E-state index in [1.54, 1.807) is 0 Å². The third kappa shape index (κ3) is 4.13. The van der Waals surface area contributed by atoms with Gasteiger partial charge in [0.15, 0.2) is 0 Å². The normalized spacial score (nSPS) is 15.0. The third-order valence-corrected chi connectivity index (χ3v) is 4.58. The molecule has 1 aromatic heterocycles. The van der Waals surface area contributed by atoms with E-state index in [0.717, 1.165) is 35.6 Å². The highest BCUT2D eigenvalue weighted by Gasteiger charge is 2.11. The molecule has 126 valence electrons. The smallest absolute Gasteiger partial charge is 0.251 e. The van der Waals surface area contributed by atoms with Crippen LogP contribution in [0.4, 0.5) is 5.82 Å². The van der Waals surface area contributed by atoms with Crippen molar-refractivity contribution < 1.29 is 4.79 Å². The number of nitrogens with zero attached hydrogens (tertiary/aromatic N) is 2. The minimum absolute atomic E-state index is 0.0373. The summed E-state index contributed by atoms with van der Waals surface area (Å²) in [6.45, 7) is 4.64. The predicted molar refractivity (Wildman–Crippen MR) is 97.3 cm³/mol. The lowest BCUT2D eigenvalue weighted by atomic mass is 10.1. The maximum atomic E-state index is 12.3. The molecule has 3 rings (SSSR count). The number of hydrogen-bond donors (Lipinski definition) is 1. The molecule has 0 saturated carbocycles. The average molecular weight is 323 g/mol. The Bertz CT molecular complexity index is 674. The summed E-state index contributed by atoms with van der Waals surface area (Å²) in [5.74, 6) is 1.01. The fourth-order valence-corrected chi connectivity index (χ4v) is 3.11. The van der Waals surface area contributed by atoms with Gasteiger partial charge in [-0.1, -0.05) is 37.1 Å². The molecule has 1 amide bonds. The molecule has 0 atom stereocenters. The molecule has 0 bridgehead atoms. The molecule has 2 aromatic rings. The Kier molecular flexibility index (Phi) is 5.47. The van der Waals surface area contributed by atoms with Crippen LogP contribution in [-0.2, 0) is 6.54 Å². The Hall–Kier alpha value is -2.36. The Labute approximate surface area is 143 Å². The summed E-state index contributed by atoms with van der Waals surface area (Å²) < 4.78 is 0. The minimum Gasteiger partial charge on any atom is -0.357 e. The molecule has 0 radical (unpaired) electrons. The van der Waals surface area contributed by atoms with Crippen molar-refractivity contribution in [2.45, 2.75) is 39.2 Å². The van der Waals surface area contributed by atoms with Gasteiger partial charge in [-0.2, -0.15) is 0 Å². The lowest BCUT2D eigenvalue weighted by Gasteiger charge is -2.21. The molecular formula is C20H25N3O. The standard InChI is InChI=1S/C20H25N3O/c1-16-8-4-5-9-18(16)20(24)22-15-17-10-11-19(21-14-17)23-12-6-2-3-7-13-23/h4-5,8-11,14H,2-3,6-7,12-13,15H2,1H3,(H,22,24). The molecule has 1 aromatic carbocycles. The number of nitrogens with one attached hydrogen (secondary N) is 1. The zero-order chi connectivity index (χ0) is 16.8. The number of amides is 1.